The predicted octanol–water partition coefficient (Wildman–Crippen LogP) is 1.47. The van der Waals surface area contributed by atoms with E-state index in [1.54, 1.807) is 18.3 Å². The Kier molecular flexibility index (Phi) is 3.90. The standard InChI is InChI=1S/C8H11BrN2OS/c1-5(8(10)12)11-3-6-2-7(9)13-4-6/h2,4-5,11H,3H2,1H3,(H2,10,12). The average Bonchev–Trinajstić information content (AvgIpc) is 2.47. The lowest BCUT2D eigenvalue weighted by Crippen LogP contribution is -2.38. The first-order valence-electron chi connectivity index (χ1n) is 3.85. The zero-order valence-corrected chi connectivity index (χ0v) is 9.61. The summed E-state index contributed by atoms with van der Waals surface area (Å²) in [6, 6.07) is 1.74. The van der Waals surface area contributed by atoms with Gasteiger partial charge >= 0.3 is 0 Å². The molecule has 1 rings (SSSR count). The molecule has 1 aromatic heterocycles. The molecule has 0 saturated heterocycles. The minimum absolute atomic E-state index is 0.279. The molecule has 3 nitrogen and oxygen atoms in total. The van der Waals surface area contributed by atoms with Crippen LogP contribution in [-0.2, 0) is 11.3 Å². The molecule has 13 heavy (non-hydrogen) atoms. The number of carbonyl (C=O) groups is 1. The van der Waals surface area contributed by atoms with Gasteiger partial charge in [0.25, 0.3) is 0 Å². The van der Waals surface area contributed by atoms with Crippen molar-refractivity contribution in [2.45, 2.75) is 19.5 Å². The fourth-order valence-corrected chi connectivity index (χ4v) is 2.02. The molecule has 1 amide bonds. The highest BCUT2D eigenvalue weighted by atomic mass is 79.9. The van der Waals surface area contributed by atoms with E-state index in [1.807, 2.05) is 11.4 Å². The van der Waals surface area contributed by atoms with Crippen LogP contribution in [0.5, 0.6) is 0 Å². The van der Waals surface area contributed by atoms with E-state index >= 15 is 0 Å². The minimum atomic E-state index is -0.325. The maximum atomic E-state index is 10.7. The van der Waals surface area contributed by atoms with Gasteiger partial charge in [0.1, 0.15) is 0 Å². The Balaban J connectivity index is 2.39. The summed E-state index contributed by atoms with van der Waals surface area (Å²) in [5.41, 5.74) is 6.25. The summed E-state index contributed by atoms with van der Waals surface area (Å²) in [6.07, 6.45) is 0. The van der Waals surface area contributed by atoms with Gasteiger partial charge in [-0.1, -0.05) is 0 Å². The van der Waals surface area contributed by atoms with Gasteiger partial charge in [-0.15, -0.1) is 11.3 Å². The first-order chi connectivity index (χ1) is 6.09. The van der Waals surface area contributed by atoms with Crippen LogP contribution in [0.15, 0.2) is 15.2 Å². The van der Waals surface area contributed by atoms with E-state index in [2.05, 4.69) is 21.2 Å². The highest BCUT2D eigenvalue weighted by molar-refractivity contribution is 9.11. The van der Waals surface area contributed by atoms with Crippen molar-refractivity contribution in [3.05, 3.63) is 20.8 Å². The number of primary amides is 1. The number of nitrogens with two attached hydrogens (primary N) is 1. The van der Waals surface area contributed by atoms with Crippen LogP contribution < -0.4 is 11.1 Å². The molecule has 0 fully saturated rings. The van der Waals surface area contributed by atoms with Crippen molar-refractivity contribution in [1.29, 1.82) is 0 Å². The number of hydrogen-bond acceptors (Lipinski definition) is 3. The first kappa shape index (κ1) is 10.7. The third-order valence-corrected chi connectivity index (χ3v) is 3.21. The largest absolute Gasteiger partial charge is 0.368 e. The van der Waals surface area contributed by atoms with Crippen molar-refractivity contribution < 1.29 is 4.79 Å². The zero-order valence-electron chi connectivity index (χ0n) is 7.21. The topological polar surface area (TPSA) is 55.1 Å². The lowest BCUT2D eigenvalue weighted by molar-refractivity contribution is -0.119. The predicted molar refractivity (Wildman–Crippen MR) is 57.5 cm³/mol. The summed E-state index contributed by atoms with van der Waals surface area (Å²) in [4.78, 5) is 10.7. The van der Waals surface area contributed by atoms with E-state index < -0.39 is 0 Å². The fraction of sp³-hybridized carbons (Fsp3) is 0.375. The lowest BCUT2D eigenvalue weighted by atomic mass is 10.3. The zero-order chi connectivity index (χ0) is 9.84. The van der Waals surface area contributed by atoms with Crippen LogP contribution in [0.25, 0.3) is 0 Å². The van der Waals surface area contributed by atoms with Gasteiger partial charge < -0.3 is 11.1 Å². The number of nitrogens with one attached hydrogen (secondary N) is 1. The van der Waals surface area contributed by atoms with Crippen molar-refractivity contribution in [3.8, 4) is 0 Å². The molecule has 1 atom stereocenters. The van der Waals surface area contributed by atoms with Crippen LogP contribution in [-0.4, -0.2) is 11.9 Å². The highest BCUT2D eigenvalue weighted by Gasteiger charge is 2.07. The molecule has 0 saturated carbocycles. The first-order valence-corrected chi connectivity index (χ1v) is 5.52. The number of halogens is 1. The summed E-state index contributed by atoms with van der Waals surface area (Å²) < 4.78 is 1.09. The van der Waals surface area contributed by atoms with Crippen molar-refractivity contribution in [2.24, 2.45) is 5.73 Å². The molecule has 0 aromatic carbocycles. The van der Waals surface area contributed by atoms with E-state index in [0.29, 0.717) is 6.54 Å². The normalized spacial score (nSPS) is 12.8. The van der Waals surface area contributed by atoms with Crippen LogP contribution in [0.2, 0.25) is 0 Å². The van der Waals surface area contributed by atoms with E-state index in [0.717, 1.165) is 9.35 Å². The Morgan fingerprint density at radius 1 is 1.85 bits per heavy atom. The molecule has 5 heteroatoms. The van der Waals surface area contributed by atoms with Gasteiger partial charge in [-0.3, -0.25) is 4.79 Å². The van der Waals surface area contributed by atoms with Gasteiger partial charge in [0.05, 0.1) is 9.83 Å². The molecule has 0 aliphatic rings. The second kappa shape index (κ2) is 4.74. The van der Waals surface area contributed by atoms with Crippen molar-refractivity contribution >= 4 is 33.2 Å². The van der Waals surface area contributed by atoms with Crippen LogP contribution in [0.4, 0.5) is 0 Å². The molecular weight excluding hydrogens is 252 g/mol. The third-order valence-electron chi connectivity index (χ3n) is 1.66. The van der Waals surface area contributed by atoms with Gasteiger partial charge in [-0.2, -0.15) is 0 Å². The average molecular weight is 263 g/mol. The highest BCUT2D eigenvalue weighted by Crippen LogP contribution is 2.20. The van der Waals surface area contributed by atoms with Crippen LogP contribution in [0, 0.1) is 0 Å². The Bertz CT molecular complexity index is 300. The van der Waals surface area contributed by atoms with Crippen LogP contribution in [0.1, 0.15) is 12.5 Å². The Labute approximate surface area is 89.5 Å². The molecular formula is C8H11BrN2OS. The fourth-order valence-electron chi connectivity index (χ4n) is 0.810. The molecule has 3 N–H and O–H groups in total. The number of hydrogen-bond donors (Lipinski definition) is 2. The monoisotopic (exact) mass is 262 g/mol. The lowest BCUT2D eigenvalue weighted by Gasteiger charge is -2.07. The quantitative estimate of drug-likeness (QED) is 0.864. The Morgan fingerprint density at radius 2 is 2.54 bits per heavy atom. The van der Waals surface area contributed by atoms with Crippen molar-refractivity contribution in [1.82, 2.24) is 5.32 Å². The molecule has 72 valence electrons. The summed E-state index contributed by atoms with van der Waals surface area (Å²) >= 11 is 4.99. The molecule has 0 spiro atoms. The van der Waals surface area contributed by atoms with Crippen LogP contribution >= 0.6 is 27.3 Å². The van der Waals surface area contributed by atoms with E-state index in [4.69, 9.17) is 5.73 Å². The third kappa shape index (κ3) is 3.46. The number of amides is 1. The summed E-state index contributed by atoms with van der Waals surface area (Å²) in [6.45, 7) is 2.43. The smallest absolute Gasteiger partial charge is 0.234 e. The SMILES string of the molecule is CC(NCc1csc(Br)c1)C(N)=O. The number of rotatable bonds is 4. The maximum Gasteiger partial charge on any atom is 0.234 e. The van der Waals surface area contributed by atoms with Crippen molar-refractivity contribution in [2.75, 3.05) is 0 Å². The molecule has 0 aliphatic carbocycles. The second-order valence-corrected chi connectivity index (χ2v) is 5.05. The molecule has 0 radical (unpaired) electrons. The number of thiophene rings is 1. The molecule has 0 aliphatic heterocycles. The summed E-state index contributed by atoms with van der Waals surface area (Å²) in [5, 5.41) is 5.06. The van der Waals surface area contributed by atoms with Gasteiger partial charge in [0, 0.05) is 6.54 Å². The maximum absolute atomic E-state index is 10.7. The molecule has 0 bridgehead atoms. The number of carbonyl (C=O) groups excluding carboxylic acids is 1. The van der Waals surface area contributed by atoms with E-state index in [9.17, 15) is 4.79 Å². The summed E-state index contributed by atoms with van der Waals surface area (Å²) in [5.74, 6) is -0.325. The van der Waals surface area contributed by atoms with Gasteiger partial charge in [-0.25, -0.2) is 0 Å². The Hall–Kier alpha value is -0.390. The van der Waals surface area contributed by atoms with Gasteiger partial charge in [0.2, 0.25) is 5.91 Å². The molecule has 1 aromatic rings. The van der Waals surface area contributed by atoms with Gasteiger partial charge in [0.15, 0.2) is 0 Å². The molecule has 1 heterocycles. The Morgan fingerprint density at radius 3 is 3.00 bits per heavy atom. The van der Waals surface area contributed by atoms with Crippen LogP contribution in [0.3, 0.4) is 0 Å². The minimum Gasteiger partial charge on any atom is -0.368 e. The van der Waals surface area contributed by atoms with E-state index in [-0.39, 0.29) is 11.9 Å². The molecule has 1 unspecified atom stereocenters. The second-order valence-electron chi connectivity index (χ2n) is 2.76. The van der Waals surface area contributed by atoms with Gasteiger partial charge in [-0.05, 0) is 39.9 Å². The summed E-state index contributed by atoms with van der Waals surface area (Å²) in [7, 11) is 0. The van der Waals surface area contributed by atoms with E-state index in [1.165, 1.54) is 0 Å². The van der Waals surface area contributed by atoms with Crippen molar-refractivity contribution in [3.63, 3.8) is 0 Å².